The van der Waals surface area contributed by atoms with E-state index in [4.69, 9.17) is 11.6 Å². The third kappa shape index (κ3) is 3.69. The van der Waals surface area contributed by atoms with E-state index in [-0.39, 0.29) is 0 Å². The Kier molecular flexibility index (Phi) is 5.79. The normalized spacial score (nSPS) is 15.3. The van der Waals surface area contributed by atoms with Gasteiger partial charge in [-0.2, -0.15) is 0 Å². The zero-order chi connectivity index (χ0) is 18.7. The second-order valence-corrected chi connectivity index (χ2v) is 7.10. The summed E-state index contributed by atoms with van der Waals surface area (Å²) in [5, 5.41) is 1.79. The van der Waals surface area contributed by atoms with Crippen LogP contribution in [-0.2, 0) is 4.79 Å². The minimum Gasteiger partial charge on any atom is -0.377 e. The predicted molar refractivity (Wildman–Crippen MR) is 106 cm³/mol. The molecule has 26 heavy (non-hydrogen) atoms. The largest absolute Gasteiger partial charge is 0.377 e. The number of hydrogen-bond acceptors (Lipinski definition) is 4. The molecular weight excluding hydrogens is 350 g/mol. The van der Waals surface area contributed by atoms with E-state index in [0.29, 0.717) is 24.5 Å². The molecule has 0 aliphatic carbocycles. The quantitative estimate of drug-likeness (QED) is 0.459. The molecule has 0 atom stereocenters. The number of rotatable bonds is 5. The molecule has 2 aromatic carbocycles. The molecular formula is C20H24ClN3O2. The molecule has 0 bridgehead atoms. The van der Waals surface area contributed by atoms with Gasteiger partial charge in [-0.3, -0.25) is 14.5 Å². The van der Waals surface area contributed by atoms with Crippen LogP contribution in [0.1, 0.15) is 10.4 Å². The maximum Gasteiger partial charge on any atom is 0.295 e. The molecule has 1 aliphatic heterocycles. The number of Topliss-reactive ketones (excluding diaryl/α,β-unsaturated/α-hetero) is 1. The van der Waals surface area contributed by atoms with Gasteiger partial charge in [0.25, 0.3) is 11.7 Å². The average Bonchev–Trinajstić information content (AvgIpc) is 2.66. The maximum absolute atomic E-state index is 12.9. The number of fused-ring (bicyclic) bond motifs is 1. The maximum atomic E-state index is 12.9. The van der Waals surface area contributed by atoms with Crippen LogP contribution in [0.2, 0.25) is 0 Å². The van der Waals surface area contributed by atoms with Crippen LogP contribution in [0.3, 0.4) is 0 Å². The van der Waals surface area contributed by atoms with Crippen LogP contribution in [0.25, 0.3) is 10.8 Å². The Morgan fingerprint density at radius 2 is 1.65 bits per heavy atom. The summed E-state index contributed by atoms with van der Waals surface area (Å²) in [4.78, 5) is 31.5. The fourth-order valence-electron chi connectivity index (χ4n) is 3.42. The van der Waals surface area contributed by atoms with E-state index in [9.17, 15) is 9.59 Å². The topological polar surface area (TPSA) is 43.9 Å². The van der Waals surface area contributed by atoms with E-state index in [1.165, 1.54) is 0 Å². The van der Waals surface area contributed by atoms with Gasteiger partial charge in [0.05, 0.1) is 0 Å². The highest BCUT2D eigenvalue weighted by Crippen LogP contribution is 2.29. The van der Waals surface area contributed by atoms with E-state index in [2.05, 4.69) is 4.90 Å². The van der Waals surface area contributed by atoms with Gasteiger partial charge in [-0.1, -0.05) is 24.3 Å². The molecule has 1 aliphatic rings. The van der Waals surface area contributed by atoms with Crippen molar-refractivity contribution in [3.63, 3.8) is 0 Å². The van der Waals surface area contributed by atoms with Gasteiger partial charge in [-0.05, 0) is 17.5 Å². The highest BCUT2D eigenvalue weighted by molar-refractivity contribution is 6.45. The van der Waals surface area contributed by atoms with E-state index in [0.717, 1.165) is 36.1 Å². The fraction of sp³-hybridized carbons (Fsp3) is 0.400. The number of benzene rings is 2. The van der Waals surface area contributed by atoms with Crippen molar-refractivity contribution < 1.29 is 9.59 Å². The molecule has 5 nitrogen and oxygen atoms in total. The summed E-state index contributed by atoms with van der Waals surface area (Å²) in [5.41, 5.74) is 1.50. The fourth-order valence-corrected chi connectivity index (χ4v) is 3.66. The highest BCUT2D eigenvalue weighted by Gasteiger charge is 2.28. The predicted octanol–water partition coefficient (Wildman–Crippen LogP) is 2.47. The van der Waals surface area contributed by atoms with Gasteiger partial charge in [0.2, 0.25) is 0 Å². The number of carbonyl (C=O) groups is 2. The van der Waals surface area contributed by atoms with Gasteiger partial charge in [0.15, 0.2) is 0 Å². The number of anilines is 1. The number of ketones is 1. The Bertz CT molecular complexity index is 814. The van der Waals surface area contributed by atoms with Gasteiger partial charge < -0.3 is 9.80 Å². The van der Waals surface area contributed by atoms with Crippen LogP contribution < -0.4 is 4.90 Å². The van der Waals surface area contributed by atoms with Crippen LogP contribution in [0.4, 0.5) is 5.69 Å². The summed E-state index contributed by atoms with van der Waals surface area (Å²) in [7, 11) is 3.93. The van der Waals surface area contributed by atoms with Crippen molar-refractivity contribution in [1.29, 1.82) is 0 Å². The second-order valence-electron chi connectivity index (χ2n) is 6.72. The molecule has 0 unspecified atom stereocenters. The molecule has 1 heterocycles. The van der Waals surface area contributed by atoms with Crippen molar-refractivity contribution in [3.05, 3.63) is 42.0 Å². The summed E-state index contributed by atoms with van der Waals surface area (Å²) < 4.78 is 0. The Labute approximate surface area is 159 Å². The van der Waals surface area contributed by atoms with Crippen molar-refractivity contribution in [2.24, 2.45) is 0 Å². The van der Waals surface area contributed by atoms with E-state index in [1.807, 2.05) is 49.3 Å². The van der Waals surface area contributed by atoms with Crippen LogP contribution >= 0.6 is 11.6 Å². The van der Waals surface area contributed by atoms with Crippen molar-refractivity contribution in [3.8, 4) is 0 Å². The first-order valence-corrected chi connectivity index (χ1v) is 9.37. The standard InChI is InChI=1S/C20H24ClN3O2/c1-22(2)18-8-7-17(15-5-3-4-6-16(15)18)19(25)20(26)24-13-11-23(10-9-21)12-14-24/h3-8H,9-14H2,1-2H3. The van der Waals surface area contributed by atoms with Crippen LogP contribution in [0, 0.1) is 0 Å². The Morgan fingerprint density at radius 1 is 1.00 bits per heavy atom. The smallest absolute Gasteiger partial charge is 0.295 e. The van der Waals surface area contributed by atoms with E-state index >= 15 is 0 Å². The monoisotopic (exact) mass is 373 g/mol. The van der Waals surface area contributed by atoms with Crippen LogP contribution in [-0.4, -0.2) is 74.2 Å². The third-order valence-corrected chi connectivity index (χ3v) is 5.05. The molecule has 1 amide bonds. The zero-order valence-corrected chi connectivity index (χ0v) is 16.0. The van der Waals surface area contributed by atoms with Crippen molar-refractivity contribution in [2.45, 2.75) is 0 Å². The average molecular weight is 374 g/mol. The Balaban J connectivity index is 1.84. The minimum absolute atomic E-state index is 0.418. The van der Waals surface area contributed by atoms with Crippen LogP contribution in [0.5, 0.6) is 0 Å². The molecule has 1 saturated heterocycles. The van der Waals surface area contributed by atoms with E-state index in [1.54, 1.807) is 11.0 Å². The molecule has 0 N–H and O–H groups in total. The van der Waals surface area contributed by atoms with Crippen molar-refractivity contribution in [1.82, 2.24) is 9.80 Å². The molecule has 0 aromatic heterocycles. The lowest BCUT2D eigenvalue weighted by Gasteiger charge is -2.34. The van der Waals surface area contributed by atoms with Crippen LogP contribution in [0.15, 0.2) is 36.4 Å². The highest BCUT2D eigenvalue weighted by atomic mass is 35.5. The summed E-state index contributed by atoms with van der Waals surface area (Å²) in [6, 6.07) is 11.4. The van der Waals surface area contributed by atoms with Gasteiger partial charge in [0, 0.05) is 69.3 Å². The number of hydrogen-bond donors (Lipinski definition) is 0. The first-order chi connectivity index (χ1) is 12.5. The summed E-state index contributed by atoms with van der Waals surface area (Å²) >= 11 is 5.77. The number of piperazine rings is 1. The molecule has 6 heteroatoms. The van der Waals surface area contributed by atoms with Gasteiger partial charge >= 0.3 is 0 Å². The molecule has 0 spiro atoms. The molecule has 3 rings (SSSR count). The first-order valence-electron chi connectivity index (χ1n) is 8.84. The Morgan fingerprint density at radius 3 is 2.27 bits per heavy atom. The lowest BCUT2D eigenvalue weighted by molar-refractivity contribution is -0.128. The molecule has 138 valence electrons. The molecule has 0 saturated carbocycles. The SMILES string of the molecule is CN(C)c1ccc(C(=O)C(=O)N2CCN(CCCl)CC2)c2ccccc12. The summed E-state index contributed by atoms with van der Waals surface area (Å²) in [6.07, 6.45) is 0. The number of nitrogens with zero attached hydrogens (tertiary/aromatic N) is 3. The van der Waals surface area contributed by atoms with Crippen molar-refractivity contribution in [2.75, 3.05) is 57.6 Å². The summed E-state index contributed by atoms with van der Waals surface area (Å²) in [5.74, 6) is -0.271. The minimum atomic E-state index is -0.433. The lowest BCUT2D eigenvalue weighted by atomic mass is 9.98. The third-order valence-electron chi connectivity index (χ3n) is 4.88. The number of amides is 1. The number of halogens is 1. The Hall–Kier alpha value is -2.11. The van der Waals surface area contributed by atoms with E-state index < -0.39 is 11.7 Å². The van der Waals surface area contributed by atoms with Gasteiger partial charge in [-0.25, -0.2) is 0 Å². The number of alkyl halides is 1. The molecule has 1 fully saturated rings. The second kappa shape index (κ2) is 8.06. The summed E-state index contributed by atoms with van der Waals surface area (Å²) in [6.45, 7) is 3.45. The van der Waals surface area contributed by atoms with Gasteiger partial charge in [0.1, 0.15) is 0 Å². The van der Waals surface area contributed by atoms with Crippen molar-refractivity contribution >= 4 is 39.8 Å². The molecule has 2 aromatic rings. The molecule has 0 radical (unpaired) electrons. The number of carbonyl (C=O) groups excluding carboxylic acids is 2. The zero-order valence-electron chi connectivity index (χ0n) is 15.2. The first kappa shape index (κ1) is 18.7. The van der Waals surface area contributed by atoms with Gasteiger partial charge in [-0.15, -0.1) is 11.6 Å². The lowest BCUT2D eigenvalue weighted by Crippen LogP contribution is -2.50.